The van der Waals surface area contributed by atoms with Gasteiger partial charge in [0.2, 0.25) is 0 Å². The lowest BCUT2D eigenvalue weighted by molar-refractivity contribution is 0.102. The molecule has 1 aromatic carbocycles. The lowest BCUT2D eigenvalue weighted by Crippen LogP contribution is -2.27. The molecular weight excluding hydrogens is 326 g/mol. The number of aliphatic hydroxyl groups is 1. The van der Waals surface area contributed by atoms with Crippen LogP contribution in [0.2, 0.25) is 0 Å². The van der Waals surface area contributed by atoms with E-state index in [1.165, 1.54) is 21.9 Å². The van der Waals surface area contributed by atoms with Crippen LogP contribution in [0.4, 0.5) is 5.69 Å². The number of rotatable bonds is 3. The van der Waals surface area contributed by atoms with Crippen molar-refractivity contribution in [3.63, 3.8) is 0 Å². The summed E-state index contributed by atoms with van der Waals surface area (Å²) in [5.74, 6) is -0.511. The van der Waals surface area contributed by atoms with E-state index in [1.54, 1.807) is 12.1 Å². The van der Waals surface area contributed by atoms with Crippen LogP contribution in [0.5, 0.6) is 0 Å². The summed E-state index contributed by atoms with van der Waals surface area (Å²) in [6, 6.07) is 5.28. The van der Waals surface area contributed by atoms with Crippen molar-refractivity contribution >= 4 is 27.9 Å². The smallest absolute Gasteiger partial charge is 0.271 e. The maximum absolute atomic E-state index is 12.6. The van der Waals surface area contributed by atoms with Crippen molar-refractivity contribution in [1.29, 1.82) is 0 Å². The van der Waals surface area contributed by atoms with Gasteiger partial charge in [0.15, 0.2) is 4.96 Å². The Balaban J connectivity index is 2.02. The summed E-state index contributed by atoms with van der Waals surface area (Å²) in [4.78, 5) is 30.9. The van der Waals surface area contributed by atoms with Crippen LogP contribution in [0.3, 0.4) is 0 Å². The Morgan fingerprint density at radius 3 is 2.79 bits per heavy atom. The van der Waals surface area contributed by atoms with E-state index >= 15 is 0 Å². The van der Waals surface area contributed by atoms with Gasteiger partial charge < -0.3 is 10.4 Å². The minimum absolute atomic E-state index is 0.0119. The fourth-order valence-corrected chi connectivity index (χ4v) is 3.35. The molecule has 0 radical (unpaired) electrons. The highest BCUT2D eigenvalue weighted by atomic mass is 32.1. The van der Waals surface area contributed by atoms with Crippen molar-refractivity contribution in [2.24, 2.45) is 0 Å². The van der Waals surface area contributed by atoms with Gasteiger partial charge in [-0.25, -0.2) is 4.98 Å². The molecule has 0 bridgehead atoms. The molecule has 0 saturated carbocycles. The highest BCUT2D eigenvalue weighted by Crippen LogP contribution is 2.20. The number of aliphatic hydroxyl groups excluding tert-OH is 1. The zero-order valence-corrected chi connectivity index (χ0v) is 14.4. The Bertz CT molecular complexity index is 1000. The molecule has 3 aromatic rings. The number of aryl methyl sites for hydroxylation is 3. The maximum atomic E-state index is 12.6. The third-order valence-corrected chi connectivity index (χ3v) is 5.07. The summed E-state index contributed by atoms with van der Waals surface area (Å²) in [6.45, 7) is 5.47. The van der Waals surface area contributed by atoms with Crippen molar-refractivity contribution in [3.8, 4) is 0 Å². The zero-order chi connectivity index (χ0) is 17.4. The molecule has 7 heteroatoms. The van der Waals surface area contributed by atoms with E-state index in [0.717, 1.165) is 16.1 Å². The fourth-order valence-electron chi connectivity index (χ4n) is 2.42. The third-order valence-electron chi connectivity index (χ3n) is 4.00. The van der Waals surface area contributed by atoms with Crippen LogP contribution in [0.15, 0.2) is 29.2 Å². The van der Waals surface area contributed by atoms with E-state index in [-0.39, 0.29) is 17.7 Å². The van der Waals surface area contributed by atoms with Gasteiger partial charge in [0.05, 0.1) is 6.61 Å². The Morgan fingerprint density at radius 1 is 1.33 bits per heavy atom. The molecule has 3 rings (SSSR count). The van der Waals surface area contributed by atoms with E-state index in [9.17, 15) is 14.7 Å². The molecule has 0 saturated heterocycles. The van der Waals surface area contributed by atoms with Gasteiger partial charge in [0, 0.05) is 22.5 Å². The summed E-state index contributed by atoms with van der Waals surface area (Å²) in [5, 5.41) is 12.0. The average molecular weight is 343 g/mol. The molecule has 0 aliphatic rings. The van der Waals surface area contributed by atoms with Gasteiger partial charge in [-0.3, -0.25) is 14.0 Å². The predicted octanol–water partition coefficient (Wildman–Crippen LogP) is 2.43. The van der Waals surface area contributed by atoms with Crippen LogP contribution in [0.1, 0.15) is 32.1 Å². The molecule has 0 unspecified atom stereocenters. The monoisotopic (exact) mass is 343 g/mol. The van der Waals surface area contributed by atoms with Gasteiger partial charge in [-0.05, 0) is 38.0 Å². The number of thiazole rings is 1. The molecule has 2 aromatic heterocycles. The van der Waals surface area contributed by atoms with Gasteiger partial charge in [0.1, 0.15) is 5.56 Å². The molecule has 2 heterocycles. The number of fused-ring (bicyclic) bond motifs is 1. The second-order valence-corrected chi connectivity index (χ2v) is 6.78. The topological polar surface area (TPSA) is 83.7 Å². The van der Waals surface area contributed by atoms with Crippen LogP contribution < -0.4 is 10.9 Å². The first-order valence-corrected chi connectivity index (χ1v) is 8.23. The molecule has 0 aliphatic carbocycles. The second-order valence-electron chi connectivity index (χ2n) is 5.60. The summed E-state index contributed by atoms with van der Waals surface area (Å²) in [5.41, 5.74) is 2.50. The van der Waals surface area contributed by atoms with E-state index in [0.29, 0.717) is 16.2 Å². The van der Waals surface area contributed by atoms with Gasteiger partial charge in [0.25, 0.3) is 11.5 Å². The zero-order valence-electron chi connectivity index (χ0n) is 13.6. The molecule has 2 N–H and O–H groups in total. The minimum atomic E-state index is -0.511. The number of hydrogen-bond donors (Lipinski definition) is 2. The number of nitrogens with one attached hydrogen (secondary N) is 1. The van der Waals surface area contributed by atoms with Crippen LogP contribution in [-0.2, 0) is 6.61 Å². The SMILES string of the molecule is Cc1ccc(CO)cc1NC(=O)c1cnc2sc(C)c(C)n2c1=O. The Morgan fingerprint density at radius 2 is 2.08 bits per heavy atom. The van der Waals surface area contributed by atoms with Crippen LogP contribution in [-0.4, -0.2) is 20.4 Å². The molecule has 6 nitrogen and oxygen atoms in total. The van der Waals surface area contributed by atoms with Crippen molar-refractivity contribution in [2.45, 2.75) is 27.4 Å². The van der Waals surface area contributed by atoms with Crippen LogP contribution in [0.25, 0.3) is 4.96 Å². The van der Waals surface area contributed by atoms with Gasteiger partial charge in [-0.1, -0.05) is 12.1 Å². The number of anilines is 1. The molecule has 0 aliphatic heterocycles. The molecule has 124 valence electrons. The quantitative estimate of drug-likeness (QED) is 0.765. The minimum Gasteiger partial charge on any atom is -0.392 e. The van der Waals surface area contributed by atoms with Gasteiger partial charge >= 0.3 is 0 Å². The Hall–Kier alpha value is -2.51. The fraction of sp³-hybridized carbons (Fsp3) is 0.235. The third kappa shape index (κ3) is 2.72. The standard InChI is InChI=1S/C17H17N3O3S/c1-9-4-5-12(8-21)6-14(9)19-15(22)13-7-18-17-20(16(13)23)10(2)11(3)24-17/h4-7,21H,8H2,1-3H3,(H,19,22). The lowest BCUT2D eigenvalue weighted by atomic mass is 10.1. The number of amides is 1. The van der Waals surface area contributed by atoms with E-state index in [2.05, 4.69) is 10.3 Å². The first kappa shape index (κ1) is 16.4. The van der Waals surface area contributed by atoms with E-state index in [1.807, 2.05) is 26.8 Å². The van der Waals surface area contributed by atoms with Crippen molar-refractivity contribution in [3.05, 3.63) is 62.0 Å². The summed E-state index contributed by atoms with van der Waals surface area (Å²) in [6.07, 6.45) is 1.31. The van der Waals surface area contributed by atoms with Gasteiger partial charge in [-0.2, -0.15) is 0 Å². The molecule has 24 heavy (non-hydrogen) atoms. The van der Waals surface area contributed by atoms with E-state index < -0.39 is 5.91 Å². The van der Waals surface area contributed by atoms with Crippen LogP contribution in [0, 0.1) is 20.8 Å². The summed E-state index contributed by atoms with van der Waals surface area (Å²) < 4.78 is 1.46. The largest absolute Gasteiger partial charge is 0.392 e. The highest BCUT2D eigenvalue weighted by Gasteiger charge is 2.17. The normalized spacial score (nSPS) is 11.0. The molecule has 0 spiro atoms. The highest BCUT2D eigenvalue weighted by molar-refractivity contribution is 7.17. The number of hydrogen-bond acceptors (Lipinski definition) is 5. The van der Waals surface area contributed by atoms with Crippen LogP contribution >= 0.6 is 11.3 Å². The first-order valence-electron chi connectivity index (χ1n) is 7.42. The number of aromatic nitrogens is 2. The Kier molecular flexibility index (Phi) is 4.21. The predicted molar refractivity (Wildman–Crippen MR) is 93.9 cm³/mol. The molecule has 0 fully saturated rings. The molecular formula is C17H17N3O3S. The number of benzene rings is 1. The molecule has 0 atom stereocenters. The number of carbonyl (C=O) groups excluding carboxylic acids is 1. The van der Waals surface area contributed by atoms with Gasteiger partial charge in [-0.15, -0.1) is 11.3 Å². The Labute approximate surface area is 142 Å². The summed E-state index contributed by atoms with van der Waals surface area (Å²) >= 11 is 1.42. The lowest BCUT2D eigenvalue weighted by Gasteiger charge is -2.10. The maximum Gasteiger partial charge on any atom is 0.271 e. The molecule has 1 amide bonds. The first-order chi connectivity index (χ1) is 11.4. The van der Waals surface area contributed by atoms with Crippen molar-refractivity contribution < 1.29 is 9.90 Å². The van der Waals surface area contributed by atoms with E-state index in [4.69, 9.17) is 0 Å². The number of nitrogens with zero attached hydrogens (tertiary/aromatic N) is 2. The van der Waals surface area contributed by atoms with Crippen molar-refractivity contribution in [1.82, 2.24) is 9.38 Å². The average Bonchev–Trinajstić information content (AvgIpc) is 2.85. The second kappa shape index (κ2) is 6.18. The number of carbonyl (C=O) groups is 1. The summed E-state index contributed by atoms with van der Waals surface area (Å²) in [7, 11) is 0. The van der Waals surface area contributed by atoms with Crippen molar-refractivity contribution in [2.75, 3.05) is 5.32 Å².